The van der Waals surface area contributed by atoms with E-state index in [2.05, 4.69) is 41.6 Å². The molecule has 0 spiro atoms. The minimum Gasteiger partial charge on any atom is -0.378 e. The zero-order chi connectivity index (χ0) is 14.4. The Balaban J connectivity index is 1.70. The highest BCUT2D eigenvalue weighted by molar-refractivity contribution is 7.99. The largest absolute Gasteiger partial charge is 0.378 e. The molecular formula is C13H25N5OS. The Hall–Kier alpha value is -0.660. The van der Waals surface area contributed by atoms with Gasteiger partial charge in [0.05, 0.1) is 12.6 Å². The number of hydrogen-bond acceptors (Lipinski definition) is 6. The van der Waals surface area contributed by atoms with Gasteiger partial charge in [-0.15, -0.1) is 5.10 Å². The lowest BCUT2D eigenvalue weighted by atomic mass is 10.1. The van der Waals surface area contributed by atoms with Crippen LogP contribution in [0.25, 0.3) is 0 Å². The van der Waals surface area contributed by atoms with E-state index in [9.17, 15) is 0 Å². The molecule has 6 nitrogen and oxygen atoms in total. The molecule has 0 aliphatic carbocycles. The molecule has 0 saturated carbocycles. The predicted molar refractivity (Wildman–Crippen MR) is 79.9 cm³/mol. The Labute approximate surface area is 125 Å². The fourth-order valence-electron chi connectivity index (χ4n) is 2.13. The zero-order valence-electron chi connectivity index (χ0n) is 12.6. The van der Waals surface area contributed by atoms with Gasteiger partial charge in [0.25, 0.3) is 0 Å². The van der Waals surface area contributed by atoms with Crippen LogP contribution in [0.3, 0.4) is 0 Å². The van der Waals surface area contributed by atoms with Gasteiger partial charge in [0.1, 0.15) is 0 Å². The van der Waals surface area contributed by atoms with Crippen LogP contribution in [-0.2, 0) is 11.3 Å². The molecule has 1 aromatic heterocycles. The van der Waals surface area contributed by atoms with Crippen LogP contribution >= 0.6 is 11.8 Å². The quantitative estimate of drug-likeness (QED) is 0.774. The molecule has 1 atom stereocenters. The zero-order valence-corrected chi connectivity index (χ0v) is 13.4. The monoisotopic (exact) mass is 299 g/mol. The second-order valence-corrected chi connectivity index (χ2v) is 7.20. The van der Waals surface area contributed by atoms with Crippen LogP contribution in [0.15, 0.2) is 5.16 Å². The second-order valence-electron chi connectivity index (χ2n) is 6.13. The standard InChI is InChI=1S/C13H25N5OS/c1-13(2,3)14-7-8-18-12(15-16-17-18)20-10-6-11-5-4-9-19-11/h11,14H,4-10H2,1-3H3. The number of ether oxygens (including phenoxy) is 1. The van der Waals surface area contributed by atoms with E-state index in [0.29, 0.717) is 6.10 Å². The predicted octanol–water partition coefficient (Wildman–Crippen LogP) is 1.72. The Bertz CT molecular complexity index is 398. The average molecular weight is 299 g/mol. The molecule has 1 aliphatic heterocycles. The van der Waals surface area contributed by atoms with Gasteiger partial charge in [0.15, 0.2) is 0 Å². The molecular weight excluding hydrogens is 274 g/mol. The maximum atomic E-state index is 5.62. The van der Waals surface area contributed by atoms with Crippen LogP contribution in [0.5, 0.6) is 0 Å². The molecule has 1 fully saturated rings. The molecule has 1 aliphatic rings. The molecule has 2 heterocycles. The van der Waals surface area contributed by atoms with Gasteiger partial charge in [0.2, 0.25) is 5.16 Å². The number of thioether (sulfide) groups is 1. The van der Waals surface area contributed by atoms with E-state index in [-0.39, 0.29) is 5.54 Å². The van der Waals surface area contributed by atoms with Gasteiger partial charge in [-0.05, 0) is 50.5 Å². The van der Waals surface area contributed by atoms with Gasteiger partial charge in [-0.1, -0.05) is 11.8 Å². The molecule has 0 aromatic carbocycles. The Morgan fingerprint density at radius 1 is 1.45 bits per heavy atom. The third-order valence-corrected chi connectivity index (χ3v) is 4.16. The Morgan fingerprint density at radius 3 is 3.00 bits per heavy atom. The van der Waals surface area contributed by atoms with Crippen LogP contribution in [0.2, 0.25) is 0 Å². The van der Waals surface area contributed by atoms with Crippen molar-refractivity contribution < 1.29 is 4.74 Å². The molecule has 114 valence electrons. The van der Waals surface area contributed by atoms with Gasteiger partial charge < -0.3 is 10.1 Å². The van der Waals surface area contributed by atoms with E-state index in [1.807, 2.05) is 4.68 Å². The van der Waals surface area contributed by atoms with Gasteiger partial charge in [-0.25, -0.2) is 4.68 Å². The minimum absolute atomic E-state index is 0.126. The van der Waals surface area contributed by atoms with Crippen molar-refractivity contribution in [3.05, 3.63) is 0 Å². The number of hydrogen-bond donors (Lipinski definition) is 1. The topological polar surface area (TPSA) is 64.9 Å². The van der Waals surface area contributed by atoms with E-state index in [0.717, 1.165) is 37.0 Å². The molecule has 0 amide bonds. The molecule has 1 aromatic rings. The summed E-state index contributed by atoms with van der Waals surface area (Å²) in [5.74, 6) is 1.01. The lowest BCUT2D eigenvalue weighted by Gasteiger charge is -2.20. The van der Waals surface area contributed by atoms with E-state index in [4.69, 9.17) is 4.74 Å². The normalized spacial score (nSPS) is 19.6. The fraction of sp³-hybridized carbons (Fsp3) is 0.923. The number of rotatable bonds is 7. The van der Waals surface area contributed by atoms with Crippen LogP contribution in [-0.4, -0.2) is 50.8 Å². The maximum absolute atomic E-state index is 5.62. The summed E-state index contributed by atoms with van der Waals surface area (Å²) in [6.07, 6.45) is 3.92. The molecule has 0 bridgehead atoms. The number of nitrogens with zero attached hydrogens (tertiary/aromatic N) is 4. The molecule has 1 N–H and O–H groups in total. The van der Waals surface area contributed by atoms with Gasteiger partial charge in [-0.3, -0.25) is 0 Å². The van der Waals surface area contributed by atoms with Crippen molar-refractivity contribution in [1.82, 2.24) is 25.5 Å². The Morgan fingerprint density at radius 2 is 2.30 bits per heavy atom. The summed E-state index contributed by atoms with van der Waals surface area (Å²) in [5.41, 5.74) is 0.126. The van der Waals surface area contributed by atoms with Crippen molar-refractivity contribution in [1.29, 1.82) is 0 Å². The first-order valence-electron chi connectivity index (χ1n) is 7.30. The molecule has 1 unspecified atom stereocenters. The van der Waals surface area contributed by atoms with Crippen molar-refractivity contribution in [3.63, 3.8) is 0 Å². The van der Waals surface area contributed by atoms with Crippen molar-refractivity contribution >= 4 is 11.8 Å². The fourth-order valence-corrected chi connectivity index (χ4v) is 3.07. The third kappa shape index (κ3) is 5.38. The summed E-state index contributed by atoms with van der Waals surface area (Å²) in [5, 5.41) is 16.3. The summed E-state index contributed by atoms with van der Waals surface area (Å²) in [4.78, 5) is 0. The van der Waals surface area contributed by atoms with Crippen LogP contribution in [0, 0.1) is 0 Å². The minimum atomic E-state index is 0.126. The summed E-state index contributed by atoms with van der Waals surface area (Å²) in [7, 11) is 0. The summed E-state index contributed by atoms with van der Waals surface area (Å²) >= 11 is 1.72. The highest BCUT2D eigenvalue weighted by Crippen LogP contribution is 2.21. The number of aromatic nitrogens is 4. The molecule has 2 rings (SSSR count). The van der Waals surface area contributed by atoms with Crippen molar-refractivity contribution in [2.45, 2.75) is 63.4 Å². The van der Waals surface area contributed by atoms with E-state index in [1.54, 1.807) is 11.8 Å². The highest BCUT2D eigenvalue weighted by Gasteiger charge is 2.16. The number of nitrogens with one attached hydrogen (secondary N) is 1. The molecule has 1 saturated heterocycles. The molecule has 0 radical (unpaired) electrons. The smallest absolute Gasteiger partial charge is 0.209 e. The van der Waals surface area contributed by atoms with Crippen LogP contribution in [0.4, 0.5) is 0 Å². The SMILES string of the molecule is CC(C)(C)NCCn1nnnc1SCCC1CCCO1. The molecule has 20 heavy (non-hydrogen) atoms. The first kappa shape index (κ1) is 15.7. The van der Waals surface area contributed by atoms with E-state index < -0.39 is 0 Å². The first-order valence-corrected chi connectivity index (χ1v) is 8.29. The summed E-state index contributed by atoms with van der Waals surface area (Å²) in [6, 6.07) is 0. The average Bonchev–Trinajstić information content (AvgIpc) is 3.00. The van der Waals surface area contributed by atoms with Crippen molar-refractivity contribution in [3.8, 4) is 0 Å². The lowest BCUT2D eigenvalue weighted by Crippen LogP contribution is -2.38. The van der Waals surface area contributed by atoms with Crippen LogP contribution < -0.4 is 5.32 Å². The van der Waals surface area contributed by atoms with E-state index >= 15 is 0 Å². The second kappa shape index (κ2) is 7.38. The maximum Gasteiger partial charge on any atom is 0.209 e. The van der Waals surface area contributed by atoms with Gasteiger partial charge in [0, 0.05) is 24.4 Å². The summed E-state index contributed by atoms with van der Waals surface area (Å²) in [6.45, 7) is 9.06. The van der Waals surface area contributed by atoms with Crippen LogP contribution in [0.1, 0.15) is 40.0 Å². The highest BCUT2D eigenvalue weighted by atomic mass is 32.2. The van der Waals surface area contributed by atoms with Gasteiger partial charge in [-0.2, -0.15) is 0 Å². The number of tetrazole rings is 1. The van der Waals surface area contributed by atoms with Crippen molar-refractivity contribution in [2.24, 2.45) is 0 Å². The molecule has 7 heteroatoms. The van der Waals surface area contributed by atoms with Crippen molar-refractivity contribution in [2.75, 3.05) is 18.9 Å². The lowest BCUT2D eigenvalue weighted by molar-refractivity contribution is 0.109. The third-order valence-electron chi connectivity index (χ3n) is 3.17. The Kier molecular flexibility index (Phi) is 5.80. The van der Waals surface area contributed by atoms with E-state index in [1.165, 1.54) is 12.8 Å². The summed E-state index contributed by atoms with van der Waals surface area (Å²) < 4.78 is 7.50. The van der Waals surface area contributed by atoms with Gasteiger partial charge >= 0.3 is 0 Å². The first-order chi connectivity index (χ1) is 9.54.